The second kappa shape index (κ2) is 6.36. The van der Waals surface area contributed by atoms with E-state index in [0.29, 0.717) is 11.5 Å². The predicted molar refractivity (Wildman–Crippen MR) is 108 cm³/mol. The number of carbonyl (C=O) groups excluding carboxylic acids is 1. The van der Waals surface area contributed by atoms with Gasteiger partial charge in [-0.1, -0.05) is 13.3 Å². The second-order valence-corrected chi connectivity index (χ2v) is 11.2. The molecule has 0 aliphatic heterocycles. The van der Waals surface area contributed by atoms with Gasteiger partial charge < -0.3 is 5.32 Å². The summed E-state index contributed by atoms with van der Waals surface area (Å²) < 4.78 is 0. The molecule has 4 fully saturated rings. The third kappa shape index (κ3) is 2.85. The highest BCUT2D eigenvalue weighted by molar-refractivity contribution is 7.14. The van der Waals surface area contributed by atoms with E-state index in [0.717, 1.165) is 28.5 Å². The van der Waals surface area contributed by atoms with Crippen LogP contribution >= 0.6 is 11.3 Å². The summed E-state index contributed by atoms with van der Waals surface area (Å²) >= 11 is 1.76. The summed E-state index contributed by atoms with van der Waals surface area (Å²) in [5, 5.41) is 3.46. The Kier molecular flexibility index (Phi) is 4.23. The van der Waals surface area contributed by atoms with Crippen LogP contribution in [0.15, 0.2) is 6.07 Å². The number of carbonyl (C=O) groups is 1. The lowest BCUT2D eigenvalue weighted by Gasteiger charge is -2.59. The van der Waals surface area contributed by atoms with E-state index in [9.17, 15) is 4.79 Å². The van der Waals surface area contributed by atoms with Crippen LogP contribution in [0.4, 0.5) is 0 Å². The zero-order chi connectivity index (χ0) is 17.9. The molecule has 5 aliphatic rings. The molecule has 1 amide bonds. The van der Waals surface area contributed by atoms with Gasteiger partial charge in [-0.25, -0.2) is 0 Å². The zero-order valence-electron chi connectivity index (χ0n) is 16.4. The van der Waals surface area contributed by atoms with Gasteiger partial charge in [0, 0.05) is 10.9 Å². The molecule has 1 aromatic heterocycles. The molecule has 2 nitrogen and oxygen atoms in total. The van der Waals surface area contributed by atoms with Crippen LogP contribution in [0.1, 0.15) is 85.3 Å². The van der Waals surface area contributed by atoms with Gasteiger partial charge in [0.15, 0.2) is 0 Å². The van der Waals surface area contributed by atoms with Crippen LogP contribution in [-0.4, -0.2) is 11.9 Å². The Morgan fingerprint density at radius 2 is 1.88 bits per heavy atom. The Balaban J connectivity index is 1.29. The zero-order valence-corrected chi connectivity index (χ0v) is 17.2. The van der Waals surface area contributed by atoms with E-state index in [1.165, 1.54) is 74.6 Å². The first kappa shape index (κ1) is 17.3. The molecule has 1 aromatic rings. The number of aryl methyl sites for hydroxylation is 1. The third-order valence-electron chi connectivity index (χ3n) is 8.34. The van der Waals surface area contributed by atoms with Crippen LogP contribution in [-0.2, 0) is 12.8 Å². The highest BCUT2D eigenvalue weighted by Gasteiger charge is 2.53. The molecule has 3 heteroatoms. The quantitative estimate of drug-likeness (QED) is 0.733. The number of fused-ring (bicyclic) bond motifs is 1. The molecule has 5 aliphatic carbocycles. The molecule has 6 rings (SSSR count). The molecule has 142 valence electrons. The first-order valence-electron chi connectivity index (χ1n) is 11.0. The average Bonchev–Trinajstić information content (AvgIpc) is 3.03. The monoisotopic (exact) mass is 371 g/mol. The molecule has 1 N–H and O–H groups in total. The summed E-state index contributed by atoms with van der Waals surface area (Å²) in [4.78, 5) is 15.5. The summed E-state index contributed by atoms with van der Waals surface area (Å²) in [6.07, 6.45) is 13.4. The molecule has 26 heavy (non-hydrogen) atoms. The van der Waals surface area contributed by atoms with Crippen molar-refractivity contribution in [2.24, 2.45) is 29.1 Å². The van der Waals surface area contributed by atoms with Gasteiger partial charge in [-0.3, -0.25) is 4.79 Å². The average molecular weight is 372 g/mol. The summed E-state index contributed by atoms with van der Waals surface area (Å²) in [7, 11) is 0. The van der Waals surface area contributed by atoms with Gasteiger partial charge in [-0.2, -0.15) is 0 Å². The highest BCUT2D eigenvalue weighted by atomic mass is 32.1. The van der Waals surface area contributed by atoms with Crippen molar-refractivity contribution in [2.45, 2.75) is 84.1 Å². The van der Waals surface area contributed by atoms with Crippen LogP contribution in [0.25, 0.3) is 0 Å². The predicted octanol–water partition coefficient (Wildman–Crippen LogP) is 5.60. The maximum atomic E-state index is 13.0. The smallest absolute Gasteiger partial charge is 0.261 e. The maximum absolute atomic E-state index is 13.0. The lowest BCUT2D eigenvalue weighted by molar-refractivity contribution is -0.0687. The fraction of sp³-hybridized carbons (Fsp3) is 0.783. The Morgan fingerprint density at radius 1 is 1.23 bits per heavy atom. The largest absolute Gasteiger partial charge is 0.348 e. The van der Waals surface area contributed by atoms with Crippen molar-refractivity contribution in [1.82, 2.24) is 5.32 Å². The lowest BCUT2D eigenvalue weighted by Crippen LogP contribution is -2.55. The Hall–Kier alpha value is -0.830. The Bertz CT molecular complexity index is 670. The first-order chi connectivity index (χ1) is 12.5. The van der Waals surface area contributed by atoms with Crippen LogP contribution in [0.5, 0.6) is 0 Å². The van der Waals surface area contributed by atoms with Gasteiger partial charge in [0.05, 0.1) is 4.88 Å². The number of amides is 1. The minimum absolute atomic E-state index is 0.195. The van der Waals surface area contributed by atoms with E-state index < -0.39 is 0 Å². The number of hydrogen-bond donors (Lipinski definition) is 1. The minimum Gasteiger partial charge on any atom is -0.348 e. The second-order valence-electron chi connectivity index (χ2n) is 10.1. The van der Waals surface area contributed by atoms with Crippen molar-refractivity contribution >= 4 is 17.2 Å². The molecule has 0 unspecified atom stereocenters. The summed E-state index contributed by atoms with van der Waals surface area (Å²) in [5.41, 5.74) is 1.86. The number of hydrogen-bond acceptors (Lipinski definition) is 2. The molecule has 0 spiro atoms. The van der Waals surface area contributed by atoms with Crippen molar-refractivity contribution in [3.63, 3.8) is 0 Å². The van der Waals surface area contributed by atoms with Crippen molar-refractivity contribution in [1.29, 1.82) is 0 Å². The number of thiophene rings is 1. The SMILES string of the molecule is CC[C@H]1CCc2sc(C(=O)N[C@H](C)C34CC5CC(CC(C5)C3)C4)cc2C1. The van der Waals surface area contributed by atoms with Crippen LogP contribution in [0, 0.1) is 29.1 Å². The Labute approximate surface area is 162 Å². The van der Waals surface area contributed by atoms with Crippen molar-refractivity contribution in [3.8, 4) is 0 Å². The molecule has 4 bridgehead atoms. The standard InChI is InChI=1S/C23H33NOS/c1-3-15-4-5-20-19(9-15)10-21(26-20)22(25)24-14(2)23-11-16-6-17(12-23)8-18(7-16)13-23/h10,14-18H,3-9,11-13H2,1-2H3,(H,24,25)/t14-,15+,16?,17?,18?,23?/m1/s1. The molecule has 0 aromatic carbocycles. The van der Waals surface area contributed by atoms with E-state index in [4.69, 9.17) is 0 Å². The van der Waals surface area contributed by atoms with Crippen molar-refractivity contribution in [3.05, 3.63) is 21.4 Å². The van der Waals surface area contributed by atoms with Crippen molar-refractivity contribution < 1.29 is 4.79 Å². The van der Waals surface area contributed by atoms with E-state index in [-0.39, 0.29) is 5.91 Å². The fourth-order valence-corrected chi connectivity index (χ4v) is 8.30. The minimum atomic E-state index is 0.195. The number of nitrogens with one attached hydrogen (secondary N) is 1. The van der Waals surface area contributed by atoms with E-state index in [2.05, 4.69) is 25.2 Å². The molecular weight excluding hydrogens is 338 g/mol. The Morgan fingerprint density at radius 3 is 2.50 bits per heavy atom. The van der Waals surface area contributed by atoms with E-state index >= 15 is 0 Å². The summed E-state index contributed by atoms with van der Waals surface area (Å²) in [6.45, 7) is 4.59. The molecular formula is C23H33NOS. The molecule has 0 radical (unpaired) electrons. The molecule has 2 atom stereocenters. The third-order valence-corrected chi connectivity index (χ3v) is 9.57. The normalized spacial score (nSPS) is 38.8. The summed E-state index contributed by atoms with van der Waals surface area (Å²) in [5.74, 6) is 3.85. The van der Waals surface area contributed by atoms with Crippen LogP contribution in [0.3, 0.4) is 0 Å². The summed E-state index contributed by atoms with van der Waals surface area (Å²) in [6, 6.07) is 2.54. The van der Waals surface area contributed by atoms with E-state index in [1.807, 2.05) is 0 Å². The molecule has 1 heterocycles. The highest BCUT2D eigenvalue weighted by Crippen LogP contribution is 2.61. The van der Waals surface area contributed by atoms with Gasteiger partial charge in [0.1, 0.15) is 0 Å². The van der Waals surface area contributed by atoms with Gasteiger partial charge in [0.2, 0.25) is 0 Å². The first-order valence-corrected chi connectivity index (χ1v) is 11.8. The van der Waals surface area contributed by atoms with Crippen LogP contribution in [0.2, 0.25) is 0 Å². The maximum Gasteiger partial charge on any atom is 0.261 e. The van der Waals surface area contributed by atoms with E-state index in [1.54, 1.807) is 11.3 Å². The van der Waals surface area contributed by atoms with Gasteiger partial charge >= 0.3 is 0 Å². The van der Waals surface area contributed by atoms with Gasteiger partial charge in [-0.05, 0) is 105 Å². The van der Waals surface area contributed by atoms with Gasteiger partial charge in [0.25, 0.3) is 5.91 Å². The molecule has 4 saturated carbocycles. The van der Waals surface area contributed by atoms with Gasteiger partial charge in [-0.15, -0.1) is 11.3 Å². The number of rotatable bonds is 4. The lowest BCUT2D eigenvalue weighted by atomic mass is 9.48. The fourth-order valence-electron chi connectivity index (χ4n) is 7.19. The van der Waals surface area contributed by atoms with Crippen molar-refractivity contribution in [2.75, 3.05) is 0 Å². The van der Waals surface area contributed by atoms with Crippen LogP contribution < -0.4 is 5.32 Å². The molecule has 0 saturated heterocycles. The topological polar surface area (TPSA) is 29.1 Å².